The number of nitrogens with two attached hydrogens (primary N) is 1. The highest BCUT2D eigenvalue weighted by atomic mass is 19.4. The average Bonchev–Trinajstić information content (AvgIpc) is 2.85. The van der Waals surface area contributed by atoms with Gasteiger partial charge in [0.05, 0.1) is 29.9 Å². The van der Waals surface area contributed by atoms with Gasteiger partial charge in [0.1, 0.15) is 0 Å². The molecule has 3 rings (SSSR count). The molecule has 0 bridgehead atoms. The minimum Gasteiger partial charge on any atom is -0.469 e. The molecular weight excluding hydrogens is 459 g/mol. The zero-order valence-electron chi connectivity index (χ0n) is 19.1. The molecule has 9 heteroatoms. The minimum absolute atomic E-state index is 0.111. The quantitative estimate of drug-likeness (QED) is 0.368. The fraction of sp³-hybridized carbons (Fsp3) is 0.192. The number of esters is 1. The predicted octanol–water partition coefficient (Wildman–Crippen LogP) is 4.91. The molecule has 1 aromatic heterocycles. The largest absolute Gasteiger partial charge is 0.469 e. The SMILES string of the molecule is COC(=O)C(C)c1ccc(NC(=O)C(=CN)c2ncccc2Cc2ccc(C(F)(F)F)cc2)cc1. The number of hydrogen-bond acceptors (Lipinski definition) is 5. The van der Waals surface area contributed by atoms with Crippen LogP contribution in [-0.2, 0) is 26.9 Å². The summed E-state index contributed by atoms with van der Waals surface area (Å²) < 4.78 is 43.3. The zero-order chi connectivity index (χ0) is 25.6. The number of ether oxygens (including phenoxy) is 1. The zero-order valence-corrected chi connectivity index (χ0v) is 19.1. The number of halogens is 3. The van der Waals surface area contributed by atoms with Crippen molar-refractivity contribution in [2.24, 2.45) is 5.73 Å². The van der Waals surface area contributed by atoms with Crippen LogP contribution in [0.4, 0.5) is 18.9 Å². The molecule has 0 radical (unpaired) electrons. The monoisotopic (exact) mass is 483 g/mol. The number of nitrogens with one attached hydrogen (secondary N) is 1. The van der Waals surface area contributed by atoms with Gasteiger partial charge in [-0.1, -0.05) is 30.3 Å². The van der Waals surface area contributed by atoms with E-state index in [1.165, 1.54) is 25.4 Å². The van der Waals surface area contributed by atoms with Crippen LogP contribution in [0.2, 0.25) is 0 Å². The highest BCUT2D eigenvalue weighted by Gasteiger charge is 2.30. The first-order chi connectivity index (χ1) is 16.6. The van der Waals surface area contributed by atoms with Crippen LogP contribution in [0.25, 0.3) is 5.57 Å². The van der Waals surface area contributed by atoms with E-state index in [1.807, 2.05) is 0 Å². The van der Waals surface area contributed by atoms with Crippen LogP contribution in [-0.4, -0.2) is 24.0 Å². The van der Waals surface area contributed by atoms with Gasteiger partial charge >= 0.3 is 12.1 Å². The summed E-state index contributed by atoms with van der Waals surface area (Å²) in [4.78, 5) is 29.0. The van der Waals surface area contributed by atoms with Crippen LogP contribution in [0, 0.1) is 0 Å². The van der Waals surface area contributed by atoms with Gasteiger partial charge in [0.25, 0.3) is 5.91 Å². The van der Waals surface area contributed by atoms with E-state index in [1.54, 1.807) is 43.3 Å². The first-order valence-electron chi connectivity index (χ1n) is 10.7. The van der Waals surface area contributed by atoms with Gasteiger partial charge in [-0.25, -0.2) is 0 Å². The van der Waals surface area contributed by atoms with E-state index in [2.05, 4.69) is 10.3 Å². The molecule has 3 aromatic rings. The van der Waals surface area contributed by atoms with Crippen LogP contribution in [0.3, 0.4) is 0 Å². The second-order valence-electron chi connectivity index (χ2n) is 7.78. The van der Waals surface area contributed by atoms with Gasteiger partial charge in [-0.2, -0.15) is 13.2 Å². The molecule has 0 fully saturated rings. The number of carbonyl (C=O) groups is 2. The predicted molar refractivity (Wildman–Crippen MR) is 126 cm³/mol. The Morgan fingerprint density at radius 3 is 2.31 bits per heavy atom. The molecule has 0 spiro atoms. The second kappa shape index (κ2) is 10.9. The molecule has 2 aromatic carbocycles. The smallest absolute Gasteiger partial charge is 0.416 e. The molecule has 1 unspecified atom stereocenters. The molecule has 182 valence electrons. The number of benzene rings is 2. The van der Waals surface area contributed by atoms with Crippen LogP contribution < -0.4 is 11.1 Å². The third-order valence-electron chi connectivity index (χ3n) is 5.46. The summed E-state index contributed by atoms with van der Waals surface area (Å²) in [6.45, 7) is 1.72. The fourth-order valence-corrected chi connectivity index (χ4v) is 3.48. The molecule has 0 saturated carbocycles. The number of rotatable bonds is 7. The highest BCUT2D eigenvalue weighted by Crippen LogP contribution is 2.30. The first kappa shape index (κ1) is 25.5. The van der Waals surface area contributed by atoms with E-state index >= 15 is 0 Å². The Bertz CT molecular complexity index is 1220. The van der Waals surface area contributed by atoms with Crippen LogP contribution in [0.15, 0.2) is 73.1 Å². The van der Waals surface area contributed by atoms with Gasteiger partial charge < -0.3 is 15.8 Å². The van der Waals surface area contributed by atoms with Crippen LogP contribution >= 0.6 is 0 Å². The topological polar surface area (TPSA) is 94.3 Å². The number of alkyl halides is 3. The van der Waals surface area contributed by atoms with Crippen molar-refractivity contribution in [3.63, 3.8) is 0 Å². The molecular formula is C26H24F3N3O3. The maximum absolute atomic E-state index is 13.0. The molecule has 0 saturated heterocycles. The molecule has 0 aliphatic rings. The van der Waals surface area contributed by atoms with Crippen molar-refractivity contribution in [3.8, 4) is 0 Å². The standard InChI is InChI=1S/C26H24F3N3O3/c1-16(25(34)35-2)18-7-11-21(12-8-18)32-24(33)22(15-30)23-19(4-3-13-31-23)14-17-5-9-20(10-6-17)26(27,28)29/h3-13,15-16H,14,30H2,1-2H3,(H,32,33). The Labute approximate surface area is 200 Å². The van der Waals surface area contributed by atoms with Crippen molar-refractivity contribution in [2.45, 2.75) is 25.4 Å². The van der Waals surface area contributed by atoms with Crippen molar-refractivity contribution in [1.82, 2.24) is 4.98 Å². The Hall–Kier alpha value is -4.14. The number of amides is 1. The number of hydrogen-bond donors (Lipinski definition) is 2. The lowest BCUT2D eigenvalue weighted by Crippen LogP contribution is -2.17. The Morgan fingerprint density at radius 2 is 1.74 bits per heavy atom. The van der Waals surface area contributed by atoms with Crippen molar-refractivity contribution in [1.29, 1.82) is 0 Å². The van der Waals surface area contributed by atoms with Crippen LogP contribution in [0.1, 0.15) is 40.8 Å². The van der Waals surface area contributed by atoms with Crippen molar-refractivity contribution < 1.29 is 27.5 Å². The molecule has 0 aliphatic carbocycles. The van der Waals surface area contributed by atoms with E-state index < -0.39 is 23.6 Å². The lowest BCUT2D eigenvalue weighted by Gasteiger charge is -2.14. The number of methoxy groups -OCH3 is 1. The fourth-order valence-electron chi connectivity index (χ4n) is 3.48. The number of nitrogens with zero attached hydrogens (tertiary/aromatic N) is 1. The Kier molecular flexibility index (Phi) is 7.91. The molecule has 35 heavy (non-hydrogen) atoms. The summed E-state index contributed by atoms with van der Waals surface area (Å²) in [5.41, 5.74) is 7.92. The maximum Gasteiger partial charge on any atom is 0.416 e. The average molecular weight is 483 g/mol. The summed E-state index contributed by atoms with van der Waals surface area (Å²) in [5.74, 6) is -1.33. The van der Waals surface area contributed by atoms with E-state index in [0.717, 1.165) is 23.9 Å². The number of carbonyl (C=O) groups excluding carboxylic acids is 2. The summed E-state index contributed by atoms with van der Waals surface area (Å²) in [6.07, 6.45) is -1.51. The molecule has 1 atom stereocenters. The van der Waals surface area contributed by atoms with Gasteiger partial charge in [0.15, 0.2) is 0 Å². The Balaban J connectivity index is 1.78. The number of anilines is 1. The number of aromatic nitrogens is 1. The van der Waals surface area contributed by atoms with E-state index in [0.29, 0.717) is 22.5 Å². The molecule has 3 N–H and O–H groups in total. The highest BCUT2D eigenvalue weighted by molar-refractivity contribution is 6.25. The molecule has 1 heterocycles. The van der Waals surface area contributed by atoms with Gasteiger partial charge in [-0.05, 0) is 60.4 Å². The van der Waals surface area contributed by atoms with E-state index in [9.17, 15) is 22.8 Å². The van der Waals surface area contributed by atoms with Gasteiger partial charge in [-0.15, -0.1) is 0 Å². The first-order valence-corrected chi connectivity index (χ1v) is 10.7. The Morgan fingerprint density at radius 1 is 1.09 bits per heavy atom. The third-order valence-corrected chi connectivity index (χ3v) is 5.46. The summed E-state index contributed by atoms with van der Waals surface area (Å²) in [7, 11) is 1.32. The number of pyridine rings is 1. The van der Waals surface area contributed by atoms with Crippen molar-refractivity contribution >= 4 is 23.1 Å². The summed E-state index contributed by atoms with van der Waals surface area (Å²) in [5, 5.41) is 2.75. The van der Waals surface area contributed by atoms with Crippen molar-refractivity contribution in [2.75, 3.05) is 12.4 Å². The van der Waals surface area contributed by atoms with Gasteiger partial charge in [-0.3, -0.25) is 14.6 Å². The van der Waals surface area contributed by atoms with Gasteiger partial charge in [0.2, 0.25) is 0 Å². The maximum atomic E-state index is 13.0. The van der Waals surface area contributed by atoms with E-state index in [-0.39, 0.29) is 18.0 Å². The minimum atomic E-state index is -4.42. The third kappa shape index (κ3) is 6.26. The summed E-state index contributed by atoms with van der Waals surface area (Å²) in [6, 6.07) is 15.0. The molecule has 0 aliphatic heterocycles. The lowest BCUT2D eigenvalue weighted by atomic mass is 9.98. The second-order valence-corrected chi connectivity index (χ2v) is 7.78. The normalized spacial score (nSPS) is 12.7. The van der Waals surface area contributed by atoms with Crippen molar-refractivity contribution in [3.05, 3.63) is 101 Å². The van der Waals surface area contributed by atoms with Gasteiger partial charge in [0, 0.05) is 18.1 Å². The molecule has 1 amide bonds. The lowest BCUT2D eigenvalue weighted by molar-refractivity contribution is -0.142. The van der Waals surface area contributed by atoms with E-state index in [4.69, 9.17) is 10.5 Å². The molecule has 6 nitrogen and oxygen atoms in total. The summed E-state index contributed by atoms with van der Waals surface area (Å²) >= 11 is 0. The van der Waals surface area contributed by atoms with Crippen LogP contribution in [0.5, 0.6) is 0 Å².